The number of carbonyl (C=O) groups is 1. The molecule has 1 saturated heterocycles. The molecule has 3 aromatic rings. The summed E-state index contributed by atoms with van der Waals surface area (Å²) in [4.78, 5) is 17.1. The molecule has 1 fully saturated rings. The maximum atomic E-state index is 14.0. The van der Waals surface area contributed by atoms with Crippen molar-refractivity contribution in [2.75, 3.05) is 31.5 Å². The van der Waals surface area contributed by atoms with Gasteiger partial charge in [-0.15, -0.1) is 0 Å². The van der Waals surface area contributed by atoms with Gasteiger partial charge >= 0.3 is 6.18 Å². The first kappa shape index (κ1) is 24.9. The highest BCUT2D eigenvalue weighted by molar-refractivity contribution is 6.36. The number of anilines is 1. The van der Waals surface area contributed by atoms with Gasteiger partial charge in [0.1, 0.15) is 10.8 Å². The standard InChI is InChI=1S/C25H24Cl2F3N5O/c26-18-8-6-17(7-9-18)19-14-20(25(28,29)30)35-23(31-19)21(27)22(32-35)24(36)34-12-10-33(11-13-34)15-16-4-2-1-3-5-16/h1-9,19-20,31H,10-15H2/t19-,20+/m0/s1. The van der Waals surface area contributed by atoms with Gasteiger partial charge in [0.25, 0.3) is 5.91 Å². The highest BCUT2D eigenvalue weighted by Crippen LogP contribution is 2.46. The number of benzene rings is 2. The van der Waals surface area contributed by atoms with E-state index in [9.17, 15) is 18.0 Å². The largest absolute Gasteiger partial charge is 0.410 e. The van der Waals surface area contributed by atoms with E-state index in [0.717, 1.165) is 11.2 Å². The van der Waals surface area contributed by atoms with Crippen LogP contribution in [0.2, 0.25) is 10.0 Å². The van der Waals surface area contributed by atoms with Gasteiger partial charge in [-0.3, -0.25) is 9.69 Å². The predicted octanol–water partition coefficient (Wildman–Crippen LogP) is 5.81. The molecule has 2 aliphatic heterocycles. The van der Waals surface area contributed by atoms with Gasteiger partial charge in [0.05, 0.1) is 6.04 Å². The van der Waals surface area contributed by atoms with E-state index in [1.54, 1.807) is 29.2 Å². The number of amides is 1. The highest BCUT2D eigenvalue weighted by Gasteiger charge is 2.48. The van der Waals surface area contributed by atoms with Crippen molar-refractivity contribution < 1.29 is 18.0 Å². The first-order valence-corrected chi connectivity index (χ1v) is 12.4. The topological polar surface area (TPSA) is 53.4 Å². The van der Waals surface area contributed by atoms with Crippen LogP contribution in [0.5, 0.6) is 0 Å². The smallest absolute Gasteiger partial charge is 0.362 e. The molecule has 6 nitrogen and oxygen atoms in total. The van der Waals surface area contributed by atoms with E-state index < -0.39 is 24.2 Å². The van der Waals surface area contributed by atoms with Crippen LogP contribution in [-0.4, -0.2) is 57.8 Å². The Morgan fingerprint density at radius 1 is 1.00 bits per heavy atom. The van der Waals surface area contributed by atoms with Gasteiger partial charge < -0.3 is 10.2 Å². The first-order chi connectivity index (χ1) is 17.2. The van der Waals surface area contributed by atoms with Gasteiger partial charge in [0.2, 0.25) is 0 Å². The zero-order valence-electron chi connectivity index (χ0n) is 19.2. The molecule has 1 aromatic heterocycles. The third-order valence-electron chi connectivity index (χ3n) is 6.68. The van der Waals surface area contributed by atoms with Crippen LogP contribution in [0.1, 0.15) is 40.1 Å². The normalized spacial score (nSPS) is 20.6. The maximum Gasteiger partial charge on any atom is 0.410 e. The molecule has 0 saturated carbocycles. The molecule has 0 aliphatic carbocycles. The summed E-state index contributed by atoms with van der Waals surface area (Å²) < 4.78 is 42.9. The van der Waals surface area contributed by atoms with Crippen molar-refractivity contribution in [1.29, 1.82) is 0 Å². The van der Waals surface area contributed by atoms with Crippen LogP contribution in [-0.2, 0) is 6.54 Å². The lowest BCUT2D eigenvalue weighted by Gasteiger charge is -2.34. The predicted molar refractivity (Wildman–Crippen MR) is 132 cm³/mol. The molecule has 0 unspecified atom stereocenters. The second-order valence-corrected chi connectivity index (χ2v) is 9.87. The fourth-order valence-corrected chi connectivity index (χ4v) is 5.13. The number of fused-ring (bicyclic) bond motifs is 1. The van der Waals surface area contributed by atoms with Crippen molar-refractivity contribution in [3.8, 4) is 0 Å². The van der Waals surface area contributed by atoms with Crippen molar-refractivity contribution in [2.45, 2.75) is 31.2 Å². The molecule has 3 heterocycles. The number of rotatable bonds is 4. The van der Waals surface area contributed by atoms with Crippen molar-refractivity contribution in [1.82, 2.24) is 19.6 Å². The van der Waals surface area contributed by atoms with Crippen LogP contribution in [0.15, 0.2) is 54.6 Å². The summed E-state index contributed by atoms with van der Waals surface area (Å²) >= 11 is 12.4. The molecule has 1 amide bonds. The zero-order chi connectivity index (χ0) is 25.4. The molecule has 2 atom stereocenters. The molecule has 0 spiro atoms. The van der Waals surface area contributed by atoms with Gasteiger partial charge in [-0.05, 0) is 23.3 Å². The summed E-state index contributed by atoms with van der Waals surface area (Å²) in [6.07, 6.45) is -4.86. The molecular weight excluding hydrogens is 514 g/mol. The van der Waals surface area contributed by atoms with Gasteiger partial charge in [-0.25, -0.2) is 4.68 Å². The average molecular weight is 538 g/mol. The second kappa shape index (κ2) is 9.95. The average Bonchev–Trinajstić information content (AvgIpc) is 3.20. The number of piperazine rings is 1. The number of carbonyl (C=O) groups excluding carboxylic acids is 1. The van der Waals surface area contributed by atoms with Crippen LogP contribution in [0.3, 0.4) is 0 Å². The highest BCUT2D eigenvalue weighted by atomic mass is 35.5. The Kier molecular flexibility index (Phi) is 6.89. The van der Waals surface area contributed by atoms with E-state index in [1.165, 1.54) is 5.56 Å². The minimum atomic E-state index is -4.57. The molecule has 2 aliphatic rings. The number of halogens is 5. The summed E-state index contributed by atoms with van der Waals surface area (Å²) in [5.41, 5.74) is 1.66. The SMILES string of the molecule is O=C(c1nn2c(c1Cl)N[C@H](c1ccc(Cl)cc1)C[C@@H]2C(F)(F)F)N1CCN(Cc2ccccc2)CC1. The number of nitrogens with one attached hydrogen (secondary N) is 1. The van der Waals surface area contributed by atoms with Gasteiger partial charge in [0, 0.05) is 44.2 Å². The minimum Gasteiger partial charge on any atom is -0.362 e. The quantitative estimate of drug-likeness (QED) is 0.456. The fraction of sp³-hybridized carbons (Fsp3) is 0.360. The Labute approximate surface area is 216 Å². The van der Waals surface area contributed by atoms with Crippen LogP contribution in [0.25, 0.3) is 0 Å². The monoisotopic (exact) mass is 537 g/mol. The number of nitrogens with zero attached hydrogens (tertiary/aromatic N) is 4. The van der Waals surface area contributed by atoms with E-state index >= 15 is 0 Å². The van der Waals surface area contributed by atoms with Gasteiger partial charge in [0.15, 0.2) is 11.7 Å². The van der Waals surface area contributed by atoms with Crippen molar-refractivity contribution in [3.05, 3.63) is 81.5 Å². The van der Waals surface area contributed by atoms with E-state index in [4.69, 9.17) is 23.2 Å². The number of aromatic nitrogens is 2. The Hall–Kier alpha value is -2.75. The van der Waals surface area contributed by atoms with E-state index in [2.05, 4.69) is 15.3 Å². The molecule has 190 valence electrons. The number of hydrogen-bond acceptors (Lipinski definition) is 4. The van der Waals surface area contributed by atoms with Crippen molar-refractivity contribution in [2.24, 2.45) is 0 Å². The van der Waals surface area contributed by atoms with E-state index in [-0.39, 0.29) is 23.0 Å². The van der Waals surface area contributed by atoms with Crippen LogP contribution in [0, 0.1) is 0 Å². The molecule has 0 bridgehead atoms. The Morgan fingerprint density at radius 2 is 1.67 bits per heavy atom. The first-order valence-electron chi connectivity index (χ1n) is 11.6. The zero-order valence-corrected chi connectivity index (χ0v) is 20.7. The Balaban J connectivity index is 1.35. The Bertz CT molecular complexity index is 1220. The molecule has 1 N–H and O–H groups in total. The second-order valence-electron chi connectivity index (χ2n) is 9.05. The molecule has 36 heavy (non-hydrogen) atoms. The van der Waals surface area contributed by atoms with Crippen molar-refractivity contribution in [3.63, 3.8) is 0 Å². The summed E-state index contributed by atoms with van der Waals surface area (Å²) in [5.74, 6) is -0.469. The number of hydrogen-bond donors (Lipinski definition) is 1. The van der Waals surface area contributed by atoms with E-state index in [1.807, 2.05) is 30.3 Å². The summed E-state index contributed by atoms with van der Waals surface area (Å²) in [6.45, 7) is 2.94. The number of alkyl halides is 3. The van der Waals surface area contributed by atoms with Crippen LogP contribution < -0.4 is 5.32 Å². The maximum absolute atomic E-state index is 14.0. The lowest BCUT2D eigenvalue weighted by atomic mass is 9.97. The lowest BCUT2D eigenvalue weighted by Crippen LogP contribution is -2.48. The fourth-order valence-electron chi connectivity index (χ4n) is 4.74. The van der Waals surface area contributed by atoms with E-state index in [0.29, 0.717) is 36.8 Å². The molecule has 5 rings (SSSR count). The summed E-state index contributed by atoms with van der Waals surface area (Å²) in [7, 11) is 0. The van der Waals surface area contributed by atoms with Crippen molar-refractivity contribution >= 4 is 34.9 Å². The molecule has 0 radical (unpaired) electrons. The van der Waals surface area contributed by atoms with Gasteiger partial charge in [-0.2, -0.15) is 18.3 Å². The van der Waals surface area contributed by atoms with Crippen LogP contribution in [0.4, 0.5) is 19.0 Å². The van der Waals surface area contributed by atoms with Crippen LogP contribution >= 0.6 is 23.2 Å². The third kappa shape index (κ3) is 5.05. The minimum absolute atomic E-state index is 0.00347. The molecular formula is C25H24Cl2F3N5O. The Morgan fingerprint density at radius 3 is 2.31 bits per heavy atom. The lowest BCUT2D eigenvalue weighted by molar-refractivity contribution is -0.173. The summed E-state index contributed by atoms with van der Waals surface area (Å²) in [6, 6.07) is 14.0. The third-order valence-corrected chi connectivity index (χ3v) is 7.29. The molecule has 11 heteroatoms. The molecule has 2 aromatic carbocycles. The summed E-state index contributed by atoms with van der Waals surface area (Å²) in [5, 5.41) is 7.53. The van der Waals surface area contributed by atoms with Gasteiger partial charge in [-0.1, -0.05) is 65.7 Å².